The Morgan fingerprint density at radius 1 is 1.26 bits per heavy atom. The minimum atomic E-state index is -0.419. The highest BCUT2D eigenvalue weighted by molar-refractivity contribution is 5.87. The van der Waals surface area contributed by atoms with Gasteiger partial charge < -0.3 is 19.6 Å². The van der Waals surface area contributed by atoms with Crippen molar-refractivity contribution in [3.63, 3.8) is 0 Å². The van der Waals surface area contributed by atoms with E-state index < -0.39 is 5.43 Å². The predicted octanol–water partition coefficient (Wildman–Crippen LogP) is 2.84. The highest BCUT2D eigenvalue weighted by Gasteiger charge is 2.19. The van der Waals surface area contributed by atoms with E-state index in [1.807, 2.05) is 18.2 Å². The lowest BCUT2D eigenvalue weighted by Gasteiger charge is -2.12. The Kier molecular flexibility index (Phi) is 3.01. The third kappa shape index (κ3) is 2.04. The topological polar surface area (TPSA) is 71.6 Å². The molecule has 3 aromatic rings. The minimum Gasteiger partial charge on any atom is -0.503 e. The summed E-state index contributed by atoms with van der Waals surface area (Å²) in [4.78, 5) is 15.7. The van der Waals surface area contributed by atoms with E-state index in [1.54, 1.807) is 25.3 Å². The first-order valence-electron chi connectivity index (χ1n) is 7.37. The molecule has 2 N–H and O–H groups in total. The maximum Gasteiger partial charge on any atom is 0.231 e. The quantitative estimate of drug-likeness (QED) is 0.763. The smallest absolute Gasteiger partial charge is 0.231 e. The van der Waals surface area contributed by atoms with Crippen molar-refractivity contribution in [3.8, 4) is 28.5 Å². The summed E-state index contributed by atoms with van der Waals surface area (Å²) in [7, 11) is 1.55. The van der Waals surface area contributed by atoms with Gasteiger partial charge in [0.25, 0.3) is 0 Å². The van der Waals surface area contributed by atoms with Gasteiger partial charge in [0.2, 0.25) is 5.43 Å². The largest absolute Gasteiger partial charge is 0.503 e. The van der Waals surface area contributed by atoms with Crippen LogP contribution in [0.4, 0.5) is 0 Å². The molecule has 5 nitrogen and oxygen atoms in total. The lowest BCUT2D eigenvalue weighted by molar-refractivity contribution is 0.357. The van der Waals surface area contributed by atoms with Crippen LogP contribution < -0.4 is 14.9 Å². The van der Waals surface area contributed by atoms with E-state index in [0.717, 1.165) is 12.0 Å². The maximum absolute atomic E-state index is 12.6. The zero-order valence-electron chi connectivity index (χ0n) is 12.6. The number of rotatable bonds is 2. The number of aromatic hydroxyl groups is 1. The fraction of sp³-hybridized carbons (Fsp3) is 0.167. The molecule has 2 heterocycles. The number of H-pyrrole nitrogens is 1. The average Bonchev–Trinajstić information content (AvgIpc) is 3.04. The number of para-hydroxylation sites is 1. The van der Waals surface area contributed by atoms with Gasteiger partial charge in [-0.2, -0.15) is 0 Å². The van der Waals surface area contributed by atoms with Crippen molar-refractivity contribution in [2.75, 3.05) is 13.7 Å². The molecule has 116 valence electrons. The van der Waals surface area contributed by atoms with Gasteiger partial charge in [-0.1, -0.05) is 12.1 Å². The van der Waals surface area contributed by atoms with Gasteiger partial charge in [-0.25, -0.2) is 0 Å². The van der Waals surface area contributed by atoms with E-state index in [1.165, 1.54) is 0 Å². The van der Waals surface area contributed by atoms with Crippen molar-refractivity contribution in [2.24, 2.45) is 0 Å². The van der Waals surface area contributed by atoms with E-state index in [4.69, 9.17) is 9.47 Å². The van der Waals surface area contributed by atoms with Crippen molar-refractivity contribution < 1.29 is 14.6 Å². The number of hydrogen-bond donors (Lipinski definition) is 2. The van der Waals surface area contributed by atoms with Crippen molar-refractivity contribution >= 4 is 10.9 Å². The lowest BCUT2D eigenvalue weighted by atomic mass is 10.0. The van der Waals surface area contributed by atoms with Crippen LogP contribution in [0.1, 0.15) is 5.56 Å². The number of pyridine rings is 1. The summed E-state index contributed by atoms with van der Waals surface area (Å²) in [5, 5.41) is 10.8. The van der Waals surface area contributed by atoms with Gasteiger partial charge >= 0.3 is 0 Å². The second-order valence-corrected chi connectivity index (χ2v) is 5.48. The van der Waals surface area contributed by atoms with Gasteiger partial charge in [0.05, 0.1) is 30.3 Å². The van der Waals surface area contributed by atoms with Gasteiger partial charge in [-0.3, -0.25) is 4.79 Å². The van der Waals surface area contributed by atoms with Gasteiger partial charge in [-0.05, 0) is 29.8 Å². The first kappa shape index (κ1) is 13.7. The van der Waals surface area contributed by atoms with Crippen LogP contribution in [-0.4, -0.2) is 23.8 Å². The molecule has 2 aromatic carbocycles. The Labute approximate surface area is 132 Å². The molecule has 1 aliphatic heterocycles. The van der Waals surface area contributed by atoms with Crippen molar-refractivity contribution in [1.82, 2.24) is 4.98 Å². The second kappa shape index (κ2) is 5.05. The van der Waals surface area contributed by atoms with Crippen LogP contribution in [0.15, 0.2) is 41.2 Å². The zero-order chi connectivity index (χ0) is 16.0. The molecular formula is C18H15NO4. The van der Waals surface area contributed by atoms with E-state index in [9.17, 15) is 9.90 Å². The molecule has 0 fully saturated rings. The highest BCUT2D eigenvalue weighted by atomic mass is 16.5. The lowest BCUT2D eigenvalue weighted by Crippen LogP contribution is -2.06. The molecule has 1 aliphatic rings. The molecular weight excluding hydrogens is 294 g/mol. The first-order chi connectivity index (χ1) is 11.2. The summed E-state index contributed by atoms with van der Waals surface area (Å²) in [6, 6.07) is 10.9. The summed E-state index contributed by atoms with van der Waals surface area (Å²) in [5.74, 6) is 0.981. The molecule has 0 bridgehead atoms. The summed E-state index contributed by atoms with van der Waals surface area (Å²) in [6.45, 7) is 0.616. The molecule has 0 unspecified atom stereocenters. The summed E-state index contributed by atoms with van der Waals surface area (Å²) in [5.41, 5.74) is 2.32. The van der Waals surface area contributed by atoms with E-state index in [2.05, 4.69) is 4.98 Å². The van der Waals surface area contributed by atoms with Crippen molar-refractivity contribution in [3.05, 3.63) is 52.2 Å². The molecule has 0 saturated carbocycles. The first-order valence-corrected chi connectivity index (χ1v) is 7.37. The number of benzene rings is 2. The molecule has 4 rings (SSSR count). The van der Waals surface area contributed by atoms with Gasteiger partial charge in [0.15, 0.2) is 5.75 Å². The van der Waals surface area contributed by atoms with Crippen LogP contribution in [0.25, 0.3) is 22.2 Å². The Balaban J connectivity index is 2.03. The number of aromatic amines is 1. The standard InChI is InChI=1S/C18H15NO4/c1-22-14-5-3-2-4-11(14)16-18(21)17(20)12-9-15-10(6-7-23-15)8-13(12)19-16/h2-5,8-9,21H,6-7H2,1H3,(H,19,20). The summed E-state index contributed by atoms with van der Waals surface area (Å²) < 4.78 is 10.8. The fourth-order valence-electron chi connectivity index (χ4n) is 3.00. The average molecular weight is 309 g/mol. The Morgan fingerprint density at radius 2 is 2.09 bits per heavy atom. The number of aromatic nitrogens is 1. The van der Waals surface area contributed by atoms with Crippen LogP contribution in [-0.2, 0) is 6.42 Å². The molecule has 0 radical (unpaired) electrons. The molecule has 0 aliphatic carbocycles. The molecule has 0 spiro atoms. The second-order valence-electron chi connectivity index (χ2n) is 5.48. The Hall–Kier alpha value is -2.95. The zero-order valence-corrected chi connectivity index (χ0v) is 12.6. The molecule has 23 heavy (non-hydrogen) atoms. The SMILES string of the molecule is COc1ccccc1-c1[nH]c2cc3c(cc2c(=O)c1O)OCC3. The van der Waals surface area contributed by atoms with Gasteiger partial charge in [0, 0.05) is 12.0 Å². The van der Waals surface area contributed by atoms with Crippen LogP contribution in [0.2, 0.25) is 0 Å². The molecule has 0 saturated heterocycles. The highest BCUT2D eigenvalue weighted by Crippen LogP contribution is 2.35. The summed E-state index contributed by atoms with van der Waals surface area (Å²) >= 11 is 0. The molecule has 5 heteroatoms. The van der Waals surface area contributed by atoms with Crippen LogP contribution in [0.3, 0.4) is 0 Å². The minimum absolute atomic E-state index is 0.319. The normalized spacial score (nSPS) is 12.9. The number of hydrogen-bond acceptors (Lipinski definition) is 4. The fourth-order valence-corrected chi connectivity index (χ4v) is 3.00. The third-order valence-electron chi connectivity index (χ3n) is 4.16. The molecule has 1 aromatic heterocycles. The van der Waals surface area contributed by atoms with Crippen LogP contribution in [0.5, 0.6) is 17.2 Å². The third-order valence-corrected chi connectivity index (χ3v) is 4.16. The maximum atomic E-state index is 12.6. The van der Waals surface area contributed by atoms with Gasteiger partial charge in [0.1, 0.15) is 11.5 Å². The van der Waals surface area contributed by atoms with Crippen molar-refractivity contribution in [2.45, 2.75) is 6.42 Å². The molecule has 0 amide bonds. The number of methoxy groups -OCH3 is 1. The van der Waals surface area contributed by atoms with E-state index in [-0.39, 0.29) is 5.75 Å². The predicted molar refractivity (Wildman–Crippen MR) is 87.4 cm³/mol. The Bertz CT molecular complexity index is 975. The summed E-state index contributed by atoms with van der Waals surface area (Å²) in [6.07, 6.45) is 0.818. The van der Waals surface area contributed by atoms with Gasteiger partial charge in [-0.15, -0.1) is 0 Å². The van der Waals surface area contributed by atoms with Crippen LogP contribution >= 0.6 is 0 Å². The van der Waals surface area contributed by atoms with E-state index >= 15 is 0 Å². The number of fused-ring (bicyclic) bond motifs is 2. The number of nitrogens with one attached hydrogen (secondary N) is 1. The van der Waals surface area contributed by atoms with Crippen molar-refractivity contribution in [1.29, 1.82) is 0 Å². The number of ether oxygens (including phenoxy) is 2. The molecule has 0 atom stereocenters. The van der Waals surface area contributed by atoms with E-state index in [0.29, 0.717) is 40.3 Å². The van der Waals surface area contributed by atoms with Crippen LogP contribution in [0, 0.1) is 0 Å². The Morgan fingerprint density at radius 3 is 2.91 bits per heavy atom. The monoisotopic (exact) mass is 309 g/mol.